The quantitative estimate of drug-likeness (QED) is 0.900. The van der Waals surface area contributed by atoms with Gasteiger partial charge in [-0.2, -0.15) is 9.97 Å². The van der Waals surface area contributed by atoms with E-state index in [1.165, 1.54) is 18.2 Å². The van der Waals surface area contributed by atoms with Crippen molar-refractivity contribution in [3.8, 4) is 17.8 Å². The number of halogens is 2. The van der Waals surface area contributed by atoms with Crippen LogP contribution in [0.4, 0.5) is 10.3 Å². The smallest absolute Gasteiger partial charge is 0.330 e. The van der Waals surface area contributed by atoms with Crippen LogP contribution in [0.25, 0.3) is 0 Å². The van der Waals surface area contributed by atoms with E-state index < -0.39 is 0 Å². The van der Waals surface area contributed by atoms with Crippen molar-refractivity contribution in [2.75, 3.05) is 19.0 Å². The Morgan fingerprint density at radius 2 is 2.00 bits per heavy atom. The van der Waals surface area contributed by atoms with Crippen molar-refractivity contribution in [2.45, 2.75) is 6.92 Å². The van der Waals surface area contributed by atoms with E-state index in [0.29, 0.717) is 22.8 Å². The number of hydrogen-bond acceptors (Lipinski definition) is 6. The third kappa shape index (κ3) is 3.53. The van der Waals surface area contributed by atoms with Gasteiger partial charge in [0.15, 0.2) is 0 Å². The van der Waals surface area contributed by atoms with Gasteiger partial charge in [-0.1, -0.05) is 0 Å². The molecule has 1 heterocycles. The molecule has 0 saturated heterocycles. The number of ether oxygens (including phenoxy) is 2. The zero-order valence-corrected chi connectivity index (χ0v) is 12.4. The molecule has 1 aromatic heterocycles. The Balaban J connectivity index is 2.29. The van der Waals surface area contributed by atoms with Crippen molar-refractivity contribution >= 4 is 21.9 Å². The standard InChI is InChI=1S/C12H12BrFN4O2/c1-3-19-11-16-10(15-2)17-12(18-11)20-9-5-4-7(14)6-8(9)13/h4-6H,3H2,1-2H3,(H,15,16,17,18). The van der Waals surface area contributed by atoms with Gasteiger partial charge in [-0.3, -0.25) is 0 Å². The minimum absolute atomic E-state index is 0.0557. The molecule has 0 radical (unpaired) electrons. The lowest BCUT2D eigenvalue weighted by atomic mass is 10.3. The summed E-state index contributed by atoms with van der Waals surface area (Å²) in [5, 5.41) is 2.78. The van der Waals surface area contributed by atoms with Gasteiger partial charge in [0, 0.05) is 7.05 Å². The van der Waals surface area contributed by atoms with Gasteiger partial charge in [0.2, 0.25) is 5.95 Å². The maximum Gasteiger partial charge on any atom is 0.330 e. The van der Waals surface area contributed by atoms with Gasteiger partial charge in [-0.25, -0.2) is 4.39 Å². The molecule has 20 heavy (non-hydrogen) atoms. The predicted octanol–water partition coefficient (Wildman–Crippen LogP) is 3.01. The number of benzene rings is 1. The molecule has 0 amide bonds. The first-order valence-electron chi connectivity index (χ1n) is 5.82. The van der Waals surface area contributed by atoms with E-state index in [2.05, 4.69) is 36.2 Å². The Bertz CT molecular complexity index is 612. The first kappa shape index (κ1) is 14.4. The number of aromatic nitrogens is 3. The Hall–Kier alpha value is -1.96. The van der Waals surface area contributed by atoms with Crippen molar-refractivity contribution in [1.29, 1.82) is 0 Å². The molecule has 0 aliphatic rings. The van der Waals surface area contributed by atoms with Gasteiger partial charge < -0.3 is 14.8 Å². The molecular formula is C12H12BrFN4O2. The summed E-state index contributed by atoms with van der Waals surface area (Å²) in [6.45, 7) is 2.24. The Morgan fingerprint density at radius 3 is 2.65 bits per heavy atom. The Kier molecular flexibility index (Phi) is 4.67. The lowest BCUT2D eigenvalue weighted by Gasteiger charge is -2.08. The highest BCUT2D eigenvalue weighted by atomic mass is 79.9. The molecular weight excluding hydrogens is 331 g/mol. The number of rotatable bonds is 5. The number of hydrogen-bond donors (Lipinski definition) is 1. The molecule has 0 saturated carbocycles. The SMILES string of the molecule is CCOc1nc(NC)nc(Oc2ccc(F)cc2Br)n1. The fourth-order valence-electron chi connectivity index (χ4n) is 1.35. The summed E-state index contributed by atoms with van der Waals surface area (Å²) >= 11 is 3.21. The van der Waals surface area contributed by atoms with Crippen LogP contribution in [0.5, 0.6) is 17.8 Å². The second kappa shape index (κ2) is 6.47. The first-order chi connectivity index (χ1) is 9.62. The molecule has 1 aromatic carbocycles. The second-order valence-corrected chi connectivity index (χ2v) is 4.44. The largest absolute Gasteiger partial charge is 0.464 e. The number of nitrogens with one attached hydrogen (secondary N) is 1. The maximum atomic E-state index is 13.0. The number of anilines is 1. The summed E-state index contributed by atoms with van der Waals surface area (Å²) in [7, 11) is 1.67. The monoisotopic (exact) mass is 342 g/mol. The molecule has 2 aromatic rings. The molecule has 0 fully saturated rings. The molecule has 6 nitrogen and oxygen atoms in total. The molecule has 0 aliphatic carbocycles. The molecule has 1 N–H and O–H groups in total. The van der Waals surface area contributed by atoms with E-state index in [9.17, 15) is 4.39 Å². The highest BCUT2D eigenvalue weighted by Crippen LogP contribution is 2.29. The lowest BCUT2D eigenvalue weighted by molar-refractivity contribution is 0.303. The van der Waals surface area contributed by atoms with Crippen molar-refractivity contribution in [3.05, 3.63) is 28.5 Å². The highest BCUT2D eigenvalue weighted by molar-refractivity contribution is 9.10. The van der Waals surface area contributed by atoms with Crippen molar-refractivity contribution in [1.82, 2.24) is 15.0 Å². The van der Waals surface area contributed by atoms with Crippen molar-refractivity contribution in [3.63, 3.8) is 0 Å². The van der Waals surface area contributed by atoms with Crippen molar-refractivity contribution in [2.24, 2.45) is 0 Å². The molecule has 0 spiro atoms. The van der Waals surface area contributed by atoms with Crippen molar-refractivity contribution < 1.29 is 13.9 Å². The third-order valence-electron chi connectivity index (χ3n) is 2.19. The minimum atomic E-state index is -0.370. The average Bonchev–Trinajstić information content (AvgIpc) is 2.42. The molecule has 0 aliphatic heterocycles. The fraction of sp³-hybridized carbons (Fsp3) is 0.250. The van der Waals surface area contributed by atoms with Crippen LogP contribution in [-0.4, -0.2) is 28.6 Å². The summed E-state index contributed by atoms with van der Waals surface area (Å²) in [4.78, 5) is 12.1. The van der Waals surface area contributed by atoms with Crippen LogP contribution in [0.15, 0.2) is 22.7 Å². The first-order valence-corrected chi connectivity index (χ1v) is 6.61. The van der Waals surface area contributed by atoms with Gasteiger partial charge in [-0.05, 0) is 41.1 Å². The van der Waals surface area contributed by atoms with E-state index in [-0.39, 0.29) is 17.8 Å². The normalized spacial score (nSPS) is 10.2. The number of nitrogens with zero attached hydrogens (tertiary/aromatic N) is 3. The van der Waals surface area contributed by atoms with Crippen LogP contribution in [0, 0.1) is 5.82 Å². The zero-order valence-electron chi connectivity index (χ0n) is 10.9. The molecule has 0 bridgehead atoms. The van der Waals surface area contributed by atoms with E-state index in [4.69, 9.17) is 9.47 Å². The van der Waals surface area contributed by atoms with Gasteiger partial charge >= 0.3 is 12.0 Å². The molecule has 8 heteroatoms. The average molecular weight is 343 g/mol. The molecule has 106 valence electrons. The topological polar surface area (TPSA) is 69.2 Å². The van der Waals surface area contributed by atoms with Gasteiger partial charge in [0.1, 0.15) is 11.6 Å². The van der Waals surface area contributed by atoms with Gasteiger partial charge in [0.25, 0.3) is 0 Å². The van der Waals surface area contributed by atoms with E-state index in [0.717, 1.165) is 0 Å². The highest BCUT2D eigenvalue weighted by Gasteiger charge is 2.10. The lowest BCUT2D eigenvalue weighted by Crippen LogP contribution is -2.05. The fourth-order valence-corrected chi connectivity index (χ4v) is 1.78. The van der Waals surface area contributed by atoms with Gasteiger partial charge in [-0.15, -0.1) is 4.98 Å². The predicted molar refractivity (Wildman–Crippen MR) is 74.7 cm³/mol. The van der Waals surface area contributed by atoms with E-state index in [1.54, 1.807) is 7.05 Å². The maximum absolute atomic E-state index is 13.0. The Labute approximate surface area is 123 Å². The summed E-state index contributed by atoms with van der Waals surface area (Å²) < 4.78 is 24.2. The van der Waals surface area contributed by atoms with E-state index in [1.807, 2.05) is 6.92 Å². The van der Waals surface area contributed by atoms with Crippen LogP contribution >= 0.6 is 15.9 Å². The summed E-state index contributed by atoms with van der Waals surface area (Å²) in [5.41, 5.74) is 0. The minimum Gasteiger partial charge on any atom is -0.464 e. The van der Waals surface area contributed by atoms with E-state index >= 15 is 0 Å². The zero-order chi connectivity index (χ0) is 14.5. The third-order valence-corrected chi connectivity index (χ3v) is 2.81. The summed E-state index contributed by atoms with van der Waals surface area (Å²) in [6.07, 6.45) is 0. The van der Waals surface area contributed by atoms with Crippen LogP contribution in [-0.2, 0) is 0 Å². The van der Waals surface area contributed by atoms with Gasteiger partial charge in [0.05, 0.1) is 11.1 Å². The Morgan fingerprint density at radius 1 is 1.25 bits per heavy atom. The van der Waals surface area contributed by atoms with Crippen LogP contribution in [0.2, 0.25) is 0 Å². The molecule has 0 unspecified atom stereocenters. The summed E-state index contributed by atoms with van der Waals surface area (Å²) in [6, 6.07) is 4.26. The second-order valence-electron chi connectivity index (χ2n) is 3.58. The summed E-state index contributed by atoms with van der Waals surface area (Å²) in [5.74, 6) is 0.338. The molecule has 0 atom stereocenters. The molecule has 2 rings (SSSR count). The van der Waals surface area contributed by atoms with Crippen LogP contribution in [0.1, 0.15) is 6.92 Å². The van der Waals surface area contributed by atoms with Crippen LogP contribution in [0.3, 0.4) is 0 Å². The van der Waals surface area contributed by atoms with Crippen LogP contribution < -0.4 is 14.8 Å².